The van der Waals surface area contributed by atoms with E-state index in [0.717, 1.165) is 45.3 Å². The number of hydrogen-bond donors (Lipinski definition) is 2. The molecule has 2 N–H and O–H groups in total. The lowest BCUT2D eigenvalue weighted by atomic mass is 9.90. The molecule has 5 nitrogen and oxygen atoms in total. The summed E-state index contributed by atoms with van der Waals surface area (Å²) in [5.74, 6) is -0.0632. The van der Waals surface area contributed by atoms with Crippen LogP contribution in [0.25, 0.3) is 0 Å². The van der Waals surface area contributed by atoms with Crippen LogP contribution in [0.2, 0.25) is 0 Å². The highest BCUT2D eigenvalue weighted by atomic mass is 16.3. The zero-order valence-electron chi connectivity index (χ0n) is 12.7. The van der Waals surface area contributed by atoms with Crippen LogP contribution in [0.5, 0.6) is 0 Å². The van der Waals surface area contributed by atoms with E-state index in [0.29, 0.717) is 6.04 Å². The molecule has 1 unspecified atom stereocenters. The van der Waals surface area contributed by atoms with Crippen LogP contribution >= 0.6 is 0 Å². The van der Waals surface area contributed by atoms with E-state index in [1.54, 1.807) is 0 Å². The Balaban J connectivity index is 1.45. The maximum Gasteiger partial charge on any atom is 0.249 e. The fraction of sp³-hybridized carbons (Fsp3) is 0.688. The van der Waals surface area contributed by atoms with E-state index >= 15 is 0 Å². The maximum absolute atomic E-state index is 11.9. The molecule has 1 aromatic heterocycles. The average Bonchev–Trinajstić information content (AvgIpc) is 3.21. The normalized spacial score (nSPS) is 22.2. The third kappa shape index (κ3) is 3.66. The lowest BCUT2D eigenvalue weighted by Crippen LogP contribution is -2.45. The van der Waals surface area contributed by atoms with Crippen molar-refractivity contribution in [1.29, 1.82) is 0 Å². The molecule has 1 atom stereocenters. The summed E-state index contributed by atoms with van der Waals surface area (Å²) in [4.78, 5) is 14.3. The molecule has 2 heterocycles. The smallest absolute Gasteiger partial charge is 0.249 e. The Labute approximate surface area is 125 Å². The molecule has 2 aliphatic rings. The van der Waals surface area contributed by atoms with Gasteiger partial charge in [0.25, 0.3) is 0 Å². The van der Waals surface area contributed by atoms with Gasteiger partial charge in [0.05, 0.1) is 0 Å². The third-order valence-corrected chi connectivity index (χ3v) is 4.71. The van der Waals surface area contributed by atoms with Gasteiger partial charge >= 0.3 is 0 Å². The minimum atomic E-state index is -0.831. The number of aryl methyl sites for hydroxylation is 1. The largest absolute Gasteiger partial charge is 0.383 e. The Bertz CT molecular complexity index is 487. The second-order valence-electron chi connectivity index (χ2n) is 6.45. The fourth-order valence-corrected chi connectivity index (χ4v) is 3.04. The number of carbonyl (C=O) groups is 1. The van der Waals surface area contributed by atoms with Crippen molar-refractivity contribution in [3.8, 4) is 0 Å². The molecule has 0 bridgehead atoms. The minimum absolute atomic E-state index is 0.105. The van der Waals surface area contributed by atoms with Crippen LogP contribution in [-0.4, -0.2) is 45.7 Å². The number of likely N-dealkylation sites (tertiary alicyclic amines) is 1. The quantitative estimate of drug-likeness (QED) is 0.846. The Morgan fingerprint density at radius 1 is 1.38 bits per heavy atom. The second kappa shape index (κ2) is 6.20. The molecule has 21 heavy (non-hydrogen) atoms. The summed E-state index contributed by atoms with van der Waals surface area (Å²) in [6, 6.07) is 4.53. The van der Waals surface area contributed by atoms with Gasteiger partial charge in [-0.1, -0.05) is 0 Å². The Morgan fingerprint density at radius 2 is 2.10 bits per heavy atom. The molecule has 2 fully saturated rings. The molecular formula is C16H25N3O2. The number of piperidine rings is 1. The van der Waals surface area contributed by atoms with Crippen molar-refractivity contribution >= 4 is 5.91 Å². The van der Waals surface area contributed by atoms with Crippen molar-refractivity contribution in [1.82, 2.24) is 14.8 Å². The van der Waals surface area contributed by atoms with Crippen molar-refractivity contribution in [2.45, 2.75) is 44.4 Å². The van der Waals surface area contributed by atoms with E-state index in [1.807, 2.05) is 0 Å². The summed E-state index contributed by atoms with van der Waals surface area (Å²) >= 11 is 0. The first-order chi connectivity index (χ1) is 10.1. The van der Waals surface area contributed by atoms with Crippen LogP contribution in [0.3, 0.4) is 0 Å². The first kappa shape index (κ1) is 14.6. The molecule has 1 saturated heterocycles. The van der Waals surface area contributed by atoms with Crippen LogP contribution in [0.15, 0.2) is 18.3 Å². The minimum Gasteiger partial charge on any atom is -0.383 e. The van der Waals surface area contributed by atoms with E-state index in [9.17, 15) is 9.90 Å². The third-order valence-electron chi connectivity index (χ3n) is 4.71. The zero-order chi connectivity index (χ0) is 14.8. The predicted octanol–water partition coefficient (Wildman–Crippen LogP) is 0.877. The first-order valence-electron chi connectivity index (χ1n) is 7.94. The zero-order valence-corrected chi connectivity index (χ0v) is 12.7. The number of hydrogen-bond acceptors (Lipinski definition) is 3. The first-order valence-corrected chi connectivity index (χ1v) is 7.94. The number of aromatic nitrogens is 1. The Hall–Kier alpha value is -1.33. The summed E-state index contributed by atoms with van der Waals surface area (Å²) in [5, 5.41) is 13.1. The molecule has 0 spiro atoms. The van der Waals surface area contributed by atoms with Crippen molar-refractivity contribution in [3.05, 3.63) is 24.0 Å². The van der Waals surface area contributed by atoms with Crippen molar-refractivity contribution in [3.63, 3.8) is 0 Å². The highest BCUT2D eigenvalue weighted by Gasteiger charge is 2.32. The van der Waals surface area contributed by atoms with Gasteiger partial charge < -0.3 is 15.0 Å². The lowest BCUT2D eigenvalue weighted by Gasteiger charge is -2.33. The molecule has 1 amide bonds. The van der Waals surface area contributed by atoms with Crippen LogP contribution in [0, 0.1) is 5.92 Å². The van der Waals surface area contributed by atoms with Gasteiger partial charge in [0.2, 0.25) is 5.91 Å². The summed E-state index contributed by atoms with van der Waals surface area (Å²) < 4.78 is 2.14. The molecule has 1 aliphatic heterocycles. The molecule has 3 rings (SSSR count). The SMILES string of the molecule is Cn1cccc1CN1CCC(C(O)C(=O)NC2CC2)CC1. The summed E-state index contributed by atoms with van der Waals surface area (Å²) in [6.45, 7) is 2.84. The number of amides is 1. The summed E-state index contributed by atoms with van der Waals surface area (Å²) in [7, 11) is 2.06. The number of nitrogens with one attached hydrogen (secondary N) is 1. The Morgan fingerprint density at radius 3 is 2.67 bits per heavy atom. The maximum atomic E-state index is 11.9. The summed E-state index contributed by atoms with van der Waals surface area (Å²) in [6.07, 6.45) is 5.14. The highest BCUT2D eigenvalue weighted by molar-refractivity contribution is 5.81. The van der Waals surface area contributed by atoms with Crippen molar-refractivity contribution in [2.24, 2.45) is 13.0 Å². The fourth-order valence-electron chi connectivity index (χ4n) is 3.04. The van der Waals surface area contributed by atoms with E-state index in [-0.39, 0.29) is 11.8 Å². The van der Waals surface area contributed by atoms with Crippen LogP contribution < -0.4 is 5.32 Å². The second-order valence-corrected chi connectivity index (χ2v) is 6.45. The molecule has 5 heteroatoms. The van der Waals surface area contributed by atoms with Gasteiger partial charge in [-0.15, -0.1) is 0 Å². The lowest BCUT2D eigenvalue weighted by molar-refractivity contribution is -0.133. The van der Waals surface area contributed by atoms with Gasteiger partial charge in [-0.2, -0.15) is 0 Å². The molecule has 1 aliphatic carbocycles. The van der Waals surface area contributed by atoms with Gasteiger partial charge in [0.15, 0.2) is 0 Å². The monoisotopic (exact) mass is 291 g/mol. The van der Waals surface area contributed by atoms with Crippen molar-refractivity contribution < 1.29 is 9.90 Å². The van der Waals surface area contributed by atoms with Gasteiger partial charge in [-0.3, -0.25) is 9.69 Å². The van der Waals surface area contributed by atoms with Crippen molar-refractivity contribution in [2.75, 3.05) is 13.1 Å². The average molecular weight is 291 g/mol. The standard InChI is InChI=1S/C16H25N3O2/c1-18-8-2-3-14(18)11-19-9-6-12(7-10-19)15(20)16(21)17-13-4-5-13/h2-3,8,12-13,15,20H,4-7,9-11H2,1H3,(H,17,21). The summed E-state index contributed by atoms with van der Waals surface area (Å²) in [5.41, 5.74) is 1.31. The molecule has 0 aromatic carbocycles. The van der Waals surface area contributed by atoms with Gasteiger partial charge in [0, 0.05) is 31.5 Å². The predicted molar refractivity (Wildman–Crippen MR) is 80.6 cm³/mol. The molecule has 116 valence electrons. The molecule has 0 radical (unpaired) electrons. The van der Waals surface area contributed by atoms with Crippen LogP contribution in [0.4, 0.5) is 0 Å². The molecule has 1 aromatic rings. The number of aliphatic hydroxyl groups excluding tert-OH is 1. The number of carbonyl (C=O) groups excluding carboxylic acids is 1. The number of rotatable bonds is 5. The topological polar surface area (TPSA) is 57.5 Å². The number of aliphatic hydroxyl groups is 1. The highest BCUT2D eigenvalue weighted by Crippen LogP contribution is 2.24. The van der Waals surface area contributed by atoms with E-state index < -0.39 is 6.10 Å². The van der Waals surface area contributed by atoms with Gasteiger partial charge in [-0.25, -0.2) is 0 Å². The Kier molecular flexibility index (Phi) is 4.31. The molecule has 1 saturated carbocycles. The van der Waals surface area contributed by atoms with Gasteiger partial charge in [-0.05, 0) is 56.8 Å². The van der Waals surface area contributed by atoms with Gasteiger partial charge in [0.1, 0.15) is 6.10 Å². The van der Waals surface area contributed by atoms with E-state index in [4.69, 9.17) is 0 Å². The van der Waals surface area contributed by atoms with Crippen LogP contribution in [0.1, 0.15) is 31.4 Å². The van der Waals surface area contributed by atoms with E-state index in [2.05, 4.69) is 40.2 Å². The number of nitrogens with zero attached hydrogens (tertiary/aromatic N) is 2. The van der Waals surface area contributed by atoms with Crippen LogP contribution in [-0.2, 0) is 18.4 Å². The molecular weight excluding hydrogens is 266 g/mol. The van der Waals surface area contributed by atoms with E-state index in [1.165, 1.54) is 5.69 Å².